The standard InChI is InChI=1S/C24H29N3O6S/c1-16(28)27-21-8-7-20(34(30,31)26-10-4-5-11-26)13-17(21)14-22(27)24(29)25-15-18-12-19(32-2)6-9-23(18)33-3/h6-9,12-13,22H,4-5,10-11,14-15H2,1-3H3,(H,25,29)/t22-/m1/s1. The van der Waals surface area contributed by atoms with Gasteiger partial charge in [0.1, 0.15) is 17.5 Å². The summed E-state index contributed by atoms with van der Waals surface area (Å²) in [6.07, 6.45) is 1.94. The first-order chi connectivity index (χ1) is 16.3. The van der Waals surface area contributed by atoms with Crippen molar-refractivity contribution in [2.45, 2.75) is 43.7 Å². The third kappa shape index (κ3) is 4.47. The average Bonchev–Trinajstić information content (AvgIpc) is 3.50. The minimum atomic E-state index is -3.59. The van der Waals surface area contributed by atoms with Gasteiger partial charge < -0.3 is 14.8 Å². The molecule has 1 atom stereocenters. The van der Waals surface area contributed by atoms with E-state index in [1.165, 1.54) is 22.2 Å². The Morgan fingerprint density at radius 2 is 1.79 bits per heavy atom. The van der Waals surface area contributed by atoms with Crippen LogP contribution in [0.3, 0.4) is 0 Å². The van der Waals surface area contributed by atoms with Gasteiger partial charge in [-0.3, -0.25) is 14.5 Å². The number of rotatable bonds is 7. The molecule has 2 aromatic rings. The Hall–Kier alpha value is -3.11. The van der Waals surface area contributed by atoms with Crippen molar-refractivity contribution in [3.8, 4) is 11.5 Å². The van der Waals surface area contributed by atoms with Crippen LogP contribution >= 0.6 is 0 Å². The summed E-state index contributed by atoms with van der Waals surface area (Å²) < 4.78 is 38.1. The maximum atomic E-state index is 13.1. The highest BCUT2D eigenvalue weighted by molar-refractivity contribution is 7.89. The molecule has 0 aliphatic carbocycles. The molecule has 34 heavy (non-hydrogen) atoms. The predicted octanol–water partition coefficient (Wildman–Crippen LogP) is 2.08. The van der Waals surface area contributed by atoms with Gasteiger partial charge in [0.25, 0.3) is 0 Å². The van der Waals surface area contributed by atoms with Gasteiger partial charge in [-0.25, -0.2) is 8.42 Å². The molecule has 2 aromatic carbocycles. The quantitative estimate of drug-likeness (QED) is 0.641. The summed E-state index contributed by atoms with van der Waals surface area (Å²) >= 11 is 0. The van der Waals surface area contributed by atoms with E-state index in [-0.39, 0.29) is 29.7 Å². The maximum Gasteiger partial charge on any atom is 0.243 e. The molecule has 0 aromatic heterocycles. The van der Waals surface area contributed by atoms with E-state index in [1.54, 1.807) is 44.6 Å². The zero-order valence-electron chi connectivity index (χ0n) is 19.5. The molecule has 0 bridgehead atoms. The van der Waals surface area contributed by atoms with E-state index in [9.17, 15) is 18.0 Å². The predicted molar refractivity (Wildman–Crippen MR) is 126 cm³/mol. The van der Waals surface area contributed by atoms with E-state index >= 15 is 0 Å². The second kappa shape index (κ2) is 9.63. The van der Waals surface area contributed by atoms with Gasteiger partial charge in [0.05, 0.1) is 19.1 Å². The minimum absolute atomic E-state index is 0.187. The summed E-state index contributed by atoms with van der Waals surface area (Å²) in [5, 5.41) is 2.88. The number of benzene rings is 2. The van der Waals surface area contributed by atoms with Gasteiger partial charge in [-0.05, 0) is 54.8 Å². The lowest BCUT2D eigenvalue weighted by molar-refractivity contribution is -0.125. The van der Waals surface area contributed by atoms with Gasteiger partial charge in [-0.15, -0.1) is 0 Å². The van der Waals surface area contributed by atoms with Crippen LogP contribution in [0.4, 0.5) is 5.69 Å². The lowest BCUT2D eigenvalue weighted by Crippen LogP contribution is -2.47. The van der Waals surface area contributed by atoms with Crippen molar-refractivity contribution in [3.05, 3.63) is 47.5 Å². The number of methoxy groups -OCH3 is 2. The van der Waals surface area contributed by atoms with E-state index in [2.05, 4.69) is 5.32 Å². The zero-order valence-corrected chi connectivity index (χ0v) is 20.4. The molecule has 2 heterocycles. The van der Waals surface area contributed by atoms with E-state index in [4.69, 9.17) is 9.47 Å². The van der Waals surface area contributed by atoms with E-state index < -0.39 is 16.1 Å². The molecule has 4 rings (SSSR count). The van der Waals surface area contributed by atoms with Crippen LogP contribution in [0.25, 0.3) is 0 Å². The van der Waals surface area contributed by atoms with E-state index in [1.807, 2.05) is 0 Å². The molecule has 1 N–H and O–H groups in total. The topological polar surface area (TPSA) is 105 Å². The largest absolute Gasteiger partial charge is 0.497 e. The summed E-state index contributed by atoms with van der Waals surface area (Å²) in [4.78, 5) is 27.2. The summed E-state index contributed by atoms with van der Waals surface area (Å²) in [5.74, 6) is 0.625. The fourth-order valence-electron chi connectivity index (χ4n) is 4.59. The van der Waals surface area contributed by atoms with E-state index in [0.717, 1.165) is 18.4 Å². The Morgan fingerprint density at radius 1 is 1.06 bits per heavy atom. The second-order valence-corrected chi connectivity index (χ2v) is 10.3. The molecule has 0 spiro atoms. The number of sulfonamides is 1. The number of ether oxygens (including phenoxy) is 2. The van der Waals surface area contributed by atoms with Gasteiger partial charge in [-0.1, -0.05) is 0 Å². The Morgan fingerprint density at radius 3 is 2.44 bits per heavy atom. The van der Waals surface area contributed by atoms with Crippen LogP contribution in [-0.4, -0.2) is 57.9 Å². The molecule has 182 valence electrons. The number of hydrogen-bond acceptors (Lipinski definition) is 6. The second-order valence-electron chi connectivity index (χ2n) is 8.41. The van der Waals surface area contributed by atoms with Crippen LogP contribution < -0.4 is 19.7 Å². The van der Waals surface area contributed by atoms with E-state index in [0.29, 0.717) is 35.8 Å². The Kier molecular flexibility index (Phi) is 6.81. The Bertz CT molecular complexity index is 1210. The summed E-state index contributed by atoms with van der Waals surface area (Å²) in [7, 11) is -0.487. The molecule has 0 unspecified atom stereocenters. The number of fused-ring (bicyclic) bond motifs is 1. The van der Waals surface area contributed by atoms with Crippen molar-refractivity contribution in [2.24, 2.45) is 0 Å². The monoisotopic (exact) mass is 487 g/mol. The first kappa shape index (κ1) is 24.0. The normalized spacial score (nSPS) is 18.0. The van der Waals surface area contributed by atoms with Crippen molar-refractivity contribution in [1.29, 1.82) is 0 Å². The molecule has 1 saturated heterocycles. The van der Waals surface area contributed by atoms with Gasteiger partial charge in [0.2, 0.25) is 21.8 Å². The molecular weight excluding hydrogens is 458 g/mol. The number of nitrogens with zero attached hydrogens (tertiary/aromatic N) is 2. The van der Waals surface area contributed by atoms with Crippen molar-refractivity contribution in [3.63, 3.8) is 0 Å². The highest BCUT2D eigenvalue weighted by Crippen LogP contribution is 2.35. The Labute approximate surface area is 199 Å². The van der Waals surface area contributed by atoms with Crippen LogP contribution in [0.15, 0.2) is 41.3 Å². The molecule has 10 heteroatoms. The van der Waals surface area contributed by atoms with Crippen molar-refractivity contribution in [1.82, 2.24) is 9.62 Å². The fourth-order valence-corrected chi connectivity index (χ4v) is 6.15. The number of amides is 2. The van der Waals surface area contributed by atoms with Crippen LogP contribution in [0.2, 0.25) is 0 Å². The summed E-state index contributed by atoms with van der Waals surface area (Å²) in [6.45, 7) is 2.61. The molecule has 0 saturated carbocycles. The van der Waals surface area contributed by atoms with Crippen LogP contribution in [0.1, 0.15) is 30.9 Å². The number of carbonyl (C=O) groups is 2. The summed E-state index contributed by atoms with van der Waals surface area (Å²) in [5.41, 5.74) is 1.96. The van der Waals surface area contributed by atoms with Crippen LogP contribution in [0.5, 0.6) is 11.5 Å². The molecule has 9 nitrogen and oxygen atoms in total. The third-order valence-corrected chi connectivity index (χ3v) is 8.22. The van der Waals surface area contributed by atoms with Crippen LogP contribution in [0, 0.1) is 0 Å². The highest BCUT2D eigenvalue weighted by Gasteiger charge is 2.38. The maximum absolute atomic E-state index is 13.1. The Balaban J connectivity index is 1.55. The smallest absolute Gasteiger partial charge is 0.243 e. The van der Waals surface area contributed by atoms with Gasteiger partial charge in [0, 0.05) is 44.2 Å². The van der Waals surface area contributed by atoms with Crippen molar-refractivity contribution in [2.75, 3.05) is 32.2 Å². The number of carbonyl (C=O) groups excluding carboxylic acids is 2. The van der Waals surface area contributed by atoms with Gasteiger partial charge in [-0.2, -0.15) is 4.31 Å². The van der Waals surface area contributed by atoms with Gasteiger partial charge in [0.15, 0.2) is 0 Å². The lowest BCUT2D eigenvalue weighted by Gasteiger charge is -2.24. The lowest BCUT2D eigenvalue weighted by atomic mass is 10.1. The molecule has 2 amide bonds. The first-order valence-corrected chi connectivity index (χ1v) is 12.6. The highest BCUT2D eigenvalue weighted by atomic mass is 32.2. The molecule has 1 fully saturated rings. The summed E-state index contributed by atoms with van der Waals surface area (Å²) in [6, 6.07) is 9.27. The SMILES string of the molecule is COc1ccc(OC)c(CNC(=O)[C@H]2Cc3cc(S(=O)(=O)N4CCCC4)ccc3N2C(C)=O)c1. The van der Waals surface area contributed by atoms with Crippen molar-refractivity contribution < 1.29 is 27.5 Å². The van der Waals surface area contributed by atoms with Crippen LogP contribution in [-0.2, 0) is 32.6 Å². The fraction of sp³-hybridized carbons (Fsp3) is 0.417. The molecular formula is C24H29N3O6S. The number of hydrogen-bond donors (Lipinski definition) is 1. The number of anilines is 1. The van der Waals surface area contributed by atoms with Gasteiger partial charge >= 0.3 is 0 Å². The molecule has 2 aliphatic heterocycles. The third-order valence-electron chi connectivity index (χ3n) is 6.32. The number of nitrogens with one attached hydrogen (secondary N) is 1. The van der Waals surface area contributed by atoms with Crippen molar-refractivity contribution >= 4 is 27.5 Å². The minimum Gasteiger partial charge on any atom is -0.497 e. The zero-order chi connectivity index (χ0) is 24.5. The molecule has 0 radical (unpaired) electrons. The average molecular weight is 488 g/mol. The first-order valence-electron chi connectivity index (χ1n) is 11.2. The molecule has 2 aliphatic rings.